The van der Waals surface area contributed by atoms with Crippen molar-refractivity contribution in [3.05, 3.63) is 28.2 Å². The van der Waals surface area contributed by atoms with Crippen LogP contribution in [-0.2, 0) is 4.57 Å². The predicted octanol–water partition coefficient (Wildman–Crippen LogP) is 3.08. The van der Waals surface area contributed by atoms with E-state index in [4.69, 9.17) is 27.7 Å². The van der Waals surface area contributed by atoms with E-state index in [1.807, 2.05) is 0 Å². The standard InChI is InChI=1S/C8H10Cl2NO3P/c1-2-11-15(12,13)14-8-4-3-6(9)5-7(8)10/h3-5H,2H2,1H3,(H2,11,12,13). The van der Waals surface area contributed by atoms with Gasteiger partial charge in [0.25, 0.3) is 0 Å². The summed E-state index contributed by atoms with van der Waals surface area (Å²) in [5.41, 5.74) is 0. The van der Waals surface area contributed by atoms with Gasteiger partial charge in [-0.1, -0.05) is 30.1 Å². The molecular formula is C8H10Cl2NO3P. The Morgan fingerprint density at radius 1 is 1.53 bits per heavy atom. The van der Waals surface area contributed by atoms with Crippen molar-refractivity contribution in [3.8, 4) is 5.75 Å². The maximum Gasteiger partial charge on any atom is 0.456 e. The third kappa shape index (κ3) is 4.01. The molecule has 0 spiro atoms. The quantitative estimate of drug-likeness (QED) is 0.825. The van der Waals surface area contributed by atoms with Crippen LogP contribution in [0.5, 0.6) is 5.75 Å². The molecule has 2 N–H and O–H groups in total. The first-order chi connectivity index (χ1) is 6.94. The van der Waals surface area contributed by atoms with E-state index in [1.165, 1.54) is 18.2 Å². The Morgan fingerprint density at radius 2 is 2.20 bits per heavy atom. The summed E-state index contributed by atoms with van der Waals surface area (Å²) in [4.78, 5) is 9.29. The number of hydrogen-bond acceptors (Lipinski definition) is 2. The van der Waals surface area contributed by atoms with Crippen molar-refractivity contribution in [3.63, 3.8) is 0 Å². The molecule has 1 aromatic rings. The lowest BCUT2D eigenvalue weighted by atomic mass is 10.3. The largest absolute Gasteiger partial charge is 0.456 e. The SMILES string of the molecule is CCNP(=O)(O)Oc1ccc(Cl)cc1Cl. The average molecular weight is 270 g/mol. The van der Waals surface area contributed by atoms with E-state index in [0.717, 1.165) is 0 Å². The summed E-state index contributed by atoms with van der Waals surface area (Å²) in [7, 11) is -3.83. The molecule has 0 fully saturated rings. The number of nitrogens with one attached hydrogen (secondary N) is 1. The van der Waals surface area contributed by atoms with Gasteiger partial charge in [-0.2, -0.15) is 0 Å². The molecule has 1 atom stereocenters. The number of rotatable bonds is 4. The zero-order valence-electron chi connectivity index (χ0n) is 7.91. The van der Waals surface area contributed by atoms with Crippen molar-refractivity contribution in [1.29, 1.82) is 0 Å². The van der Waals surface area contributed by atoms with Crippen molar-refractivity contribution in [2.75, 3.05) is 6.54 Å². The summed E-state index contributed by atoms with van der Waals surface area (Å²) in [6.45, 7) is 2.01. The molecule has 7 heteroatoms. The third-order valence-electron chi connectivity index (χ3n) is 1.47. The van der Waals surface area contributed by atoms with Crippen molar-refractivity contribution in [2.45, 2.75) is 6.92 Å². The minimum absolute atomic E-state index is 0.118. The Morgan fingerprint density at radius 3 is 2.73 bits per heavy atom. The maximum absolute atomic E-state index is 11.4. The Labute approximate surface area is 97.7 Å². The van der Waals surface area contributed by atoms with Gasteiger partial charge in [0, 0.05) is 11.6 Å². The number of benzene rings is 1. The monoisotopic (exact) mass is 269 g/mol. The summed E-state index contributed by atoms with van der Waals surface area (Å²) in [6, 6.07) is 4.39. The fourth-order valence-electron chi connectivity index (χ4n) is 0.915. The molecule has 0 radical (unpaired) electrons. The minimum Gasteiger partial charge on any atom is -0.412 e. The van der Waals surface area contributed by atoms with E-state index < -0.39 is 7.75 Å². The first-order valence-corrected chi connectivity index (χ1v) is 6.50. The molecule has 84 valence electrons. The first kappa shape index (κ1) is 12.8. The average Bonchev–Trinajstić information content (AvgIpc) is 2.09. The van der Waals surface area contributed by atoms with Crippen LogP contribution >= 0.6 is 30.9 Å². The van der Waals surface area contributed by atoms with E-state index in [2.05, 4.69) is 5.09 Å². The van der Waals surface area contributed by atoms with Gasteiger partial charge in [-0.3, -0.25) is 0 Å². The van der Waals surface area contributed by atoms with Crippen molar-refractivity contribution >= 4 is 30.9 Å². The third-order valence-corrected chi connectivity index (χ3v) is 3.16. The second kappa shape index (κ2) is 5.19. The molecular weight excluding hydrogens is 260 g/mol. The predicted molar refractivity (Wildman–Crippen MR) is 60.6 cm³/mol. The van der Waals surface area contributed by atoms with Crippen LogP contribution in [0.25, 0.3) is 0 Å². The molecule has 0 bridgehead atoms. The fraction of sp³-hybridized carbons (Fsp3) is 0.250. The van der Waals surface area contributed by atoms with Gasteiger partial charge >= 0.3 is 7.75 Å². The molecule has 0 heterocycles. The van der Waals surface area contributed by atoms with Crippen LogP contribution in [0.2, 0.25) is 10.0 Å². The highest BCUT2D eigenvalue weighted by molar-refractivity contribution is 7.51. The molecule has 1 aromatic carbocycles. The van der Waals surface area contributed by atoms with Gasteiger partial charge in [0.1, 0.15) is 5.75 Å². The van der Waals surface area contributed by atoms with Crippen LogP contribution in [-0.4, -0.2) is 11.4 Å². The van der Waals surface area contributed by atoms with E-state index in [9.17, 15) is 9.46 Å². The van der Waals surface area contributed by atoms with Crippen LogP contribution in [0.4, 0.5) is 0 Å². The molecule has 0 aromatic heterocycles. The van der Waals surface area contributed by atoms with E-state index in [-0.39, 0.29) is 10.8 Å². The highest BCUT2D eigenvalue weighted by Gasteiger charge is 2.20. The Bertz CT molecular complexity index is 399. The van der Waals surface area contributed by atoms with E-state index >= 15 is 0 Å². The lowest BCUT2D eigenvalue weighted by Crippen LogP contribution is -2.13. The zero-order chi connectivity index (χ0) is 11.5. The molecule has 1 rings (SSSR count). The van der Waals surface area contributed by atoms with Crippen LogP contribution in [0, 0.1) is 0 Å². The molecule has 0 amide bonds. The van der Waals surface area contributed by atoms with Crippen molar-refractivity contribution < 1.29 is 14.0 Å². The summed E-state index contributed by atoms with van der Waals surface area (Å²) in [5, 5.41) is 2.93. The normalized spacial score (nSPS) is 14.7. The van der Waals surface area contributed by atoms with Crippen LogP contribution in [0.15, 0.2) is 18.2 Å². The first-order valence-electron chi connectivity index (χ1n) is 4.17. The molecule has 0 aliphatic rings. The summed E-state index contributed by atoms with van der Waals surface area (Å²) in [5.74, 6) is 0.118. The molecule has 0 aliphatic carbocycles. The second-order valence-corrected chi connectivity index (χ2v) is 5.08. The Kier molecular flexibility index (Phi) is 4.44. The Balaban J connectivity index is 2.85. The molecule has 0 saturated heterocycles. The highest BCUT2D eigenvalue weighted by Crippen LogP contribution is 2.41. The molecule has 4 nitrogen and oxygen atoms in total. The van der Waals surface area contributed by atoms with E-state index in [1.54, 1.807) is 6.92 Å². The molecule has 0 aliphatic heterocycles. The highest BCUT2D eigenvalue weighted by atomic mass is 35.5. The van der Waals surface area contributed by atoms with Crippen LogP contribution in [0.1, 0.15) is 6.92 Å². The molecule has 15 heavy (non-hydrogen) atoms. The van der Waals surface area contributed by atoms with E-state index in [0.29, 0.717) is 11.6 Å². The van der Waals surface area contributed by atoms with Gasteiger partial charge < -0.3 is 9.42 Å². The zero-order valence-corrected chi connectivity index (χ0v) is 10.3. The minimum atomic E-state index is -3.83. The van der Waals surface area contributed by atoms with Crippen molar-refractivity contribution in [2.24, 2.45) is 0 Å². The fourth-order valence-corrected chi connectivity index (χ4v) is 2.31. The van der Waals surface area contributed by atoms with Crippen LogP contribution < -0.4 is 9.61 Å². The maximum atomic E-state index is 11.4. The summed E-state index contributed by atoms with van der Waals surface area (Å²) in [6.07, 6.45) is 0. The van der Waals surface area contributed by atoms with Gasteiger partial charge in [0.05, 0.1) is 5.02 Å². The topological polar surface area (TPSA) is 58.6 Å². The van der Waals surface area contributed by atoms with Gasteiger partial charge in [0.15, 0.2) is 0 Å². The van der Waals surface area contributed by atoms with Gasteiger partial charge in [-0.05, 0) is 18.2 Å². The molecule has 0 saturated carbocycles. The smallest absolute Gasteiger partial charge is 0.412 e. The van der Waals surface area contributed by atoms with Crippen molar-refractivity contribution in [1.82, 2.24) is 5.09 Å². The van der Waals surface area contributed by atoms with Crippen LogP contribution in [0.3, 0.4) is 0 Å². The second-order valence-electron chi connectivity index (χ2n) is 2.70. The Hall–Kier alpha value is -0.250. The lowest BCUT2D eigenvalue weighted by molar-refractivity contribution is 0.366. The number of halogens is 2. The van der Waals surface area contributed by atoms with Gasteiger partial charge in [0.2, 0.25) is 0 Å². The van der Waals surface area contributed by atoms with Gasteiger partial charge in [-0.25, -0.2) is 9.65 Å². The number of hydrogen-bond donors (Lipinski definition) is 2. The summed E-state index contributed by atoms with van der Waals surface area (Å²) >= 11 is 11.4. The van der Waals surface area contributed by atoms with Gasteiger partial charge in [-0.15, -0.1) is 0 Å². The molecule has 1 unspecified atom stereocenters. The lowest BCUT2D eigenvalue weighted by Gasteiger charge is -2.13. The summed E-state index contributed by atoms with van der Waals surface area (Å²) < 4.78 is 16.2.